The third-order valence-electron chi connectivity index (χ3n) is 4.86. The summed E-state index contributed by atoms with van der Waals surface area (Å²) in [4.78, 5) is 16.2. The molecule has 1 amide bonds. The number of carbonyl (C=O) groups is 1. The van der Waals surface area contributed by atoms with Crippen LogP contribution in [-0.2, 0) is 10.2 Å². The largest absolute Gasteiger partial charge is 0.273 e. The normalized spacial score (nSPS) is 18.3. The molecule has 2 aliphatic rings. The van der Waals surface area contributed by atoms with Crippen LogP contribution in [0.5, 0.6) is 0 Å². The Morgan fingerprint density at radius 3 is 2.64 bits per heavy atom. The molecule has 2 heterocycles. The molecule has 1 N–H and O–H groups in total. The molecule has 2 aliphatic heterocycles. The van der Waals surface area contributed by atoms with Gasteiger partial charge in [-0.05, 0) is 29.3 Å². The highest BCUT2D eigenvalue weighted by Gasteiger charge is 2.37. The number of hydrazone groups is 1. The van der Waals surface area contributed by atoms with E-state index in [4.69, 9.17) is 16.6 Å². The van der Waals surface area contributed by atoms with Gasteiger partial charge in [-0.1, -0.05) is 49.7 Å². The zero-order chi connectivity index (χ0) is 17.6. The molecule has 0 saturated heterocycles. The first kappa shape index (κ1) is 16.0. The molecule has 0 unspecified atom stereocenters. The van der Waals surface area contributed by atoms with Gasteiger partial charge in [-0.2, -0.15) is 5.10 Å². The van der Waals surface area contributed by atoms with E-state index >= 15 is 0 Å². The van der Waals surface area contributed by atoms with Crippen LogP contribution in [0.4, 0.5) is 5.69 Å². The van der Waals surface area contributed by atoms with Crippen molar-refractivity contribution in [2.75, 3.05) is 0 Å². The molecular formula is C20H18ClN3O. The van der Waals surface area contributed by atoms with Crippen molar-refractivity contribution in [3.05, 3.63) is 64.2 Å². The second kappa shape index (κ2) is 5.81. The molecule has 0 aliphatic carbocycles. The van der Waals surface area contributed by atoms with Crippen LogP contribution in [0.3, 0.4) is 0 Å². The summed E-state index contributed by atoms with van der Waals surface area (Å²) < 4.78 is 0. The van der Waals surface area contributed by atoms with Crippen molar-refractivity contribution in [3.63, 3.8) is 0 Å². The van der Waals surface area contributed by atoms with Crippen molar-refractivity contribution in [1.82, 2.24) is 5.43 Å². The smallest absolute Gasteiger partial charge is 0.240 e. The van der Waals surface area contributed by atoms with Crippen molar-refractivity contribution < 1.29 is 4.79 Å². The predicted molar refractivity (Wildman–Crippen MR) is 101 cm³/mol. The van der Waals surface area contributed by atoms with Crippen LogP contribution < -0.4 is 5.43 Å². The van der Waals surface area contributed by atoms with Gasteiger partial charge in [-0.25, -0.2) is 5.43 Å². The molecule has 0 fully saturated rings. The number of amides is 1. The molecule has 25 heavy (non-hydrogen) atoms. The van der Waals surface area contributed by atoms with Crippen molar-refractivity contribution in [3.8, 4) is 0 Å². The Bertz CT molecular complexity index is 944. The average molecular weight is 352 g/mol. The van der Waals surface area contributed by atoms with Crippen molar-refractivity contribution in [1.29, 1.82) is 0 Å². The molecule has 0 bridgehead atoms. The lowest BCUT2D eigenvalue weighted by molar-refractivity contribution is -0.121. The molecular weight excluding hydrogens is 334 g/mol. The number of fused-ring (bicyclic) bond motifs is 1. The van der Waals surface area contributed by atoms with E-state index in [9.17, 15) is 4.79 Å². The Balaban J connectivity index is 1.76. The molecule has 0 radical (unpaired) electrons. The zero-order valence-electron chi connectivity index (χ0n) is 14.1. The summed E-state index contributed by atoms with van der Waals surface area (Å²) in [7, 11) is 0. The van der Waals surface area contributed by atoms with E-state index in [1.807, 2.05) is 36.4 Å². The van der Waals surface area contributed by atoms with Crippen LogP contribution in [0.15, 0.2) is 52.6 Å². The Kier molecular flexibility index (Phi) is 3.73. The van der Waals surface area contributed by atoms with E-state index in [0.717, 1.165) is 33.8 Å². The lowest BCUT2D eigenvalue weighted by atomic mass is 9.78. The summed E-state index contributed by atoms with van der Waals surface area (Å²) >= 11 is 6.40. The molecule has 4 nitrogen and oxygen atoms in total. The number of nitrogens with one attached hydrogen (secondary N) is 1. The minimum absolute atomic E-state index is 0.0328. The first-order valence-corrected chi connectivity index (χ1v) is 8.69. The first-order chi connectivity index (χ1) is 12.0. The zero-order valence-corrected chi connectivity index (χ0v) is 14.9. The fraction of sp³-hybridized carbons (Fsp3) is 0.250. The average Bonchev–Trinajstić information content (AvgIpc) is 2.87. The minimum atomic E-state index is -0.255. The predicted octanol–water partition coefficient (Wildman–Crippen LogP) is 4.37. The second-order valence-electron chi connectivity index (χ2n) is 6.89. The van der Waals surface area contributed by atoms with Crippen LogP contribution in [0.25, 0.3) is 0 Å². The Morgan fingerprint density at radius 2 is 1.92 bits per heavy atom. The molecule has 0 aromatic heterocycles. The Morgan fingerprint density at radius 1 is 1.12 bits per heavy atom. The standard InChI is InChI=1S/C20H18ClN3O/c1-20(2)14-11-12(16-9-10-18(25)24-23-16)7-8-17(14)22-19(20)13-5-3-4-6-15(13)21/h3-8,11H,9-10H2,1-2H3,(H,24,25). The van der Waals surface area contributed by atoms with Gasteiger partial charge >= 0.3 is 0 Å². The number of halogens is 1. The van der Waals surface area contributed by atoms with Gasteiger partial charge in [0.15, 0.2) is 0 Å². The van der Waals surface area contributed by atoms with E-state index in [-0.39, 0.29) is 11.3 Å². The maximum Gasteiger partial charge on any atom is 0.240 e. The lowest BCUT2D eigenvalue weighted by Crippen LogP contribution is -2.28. The molecule has 2 aromatic carbocycles. The van der Waals surface area contributed by atoms with E-state index in [1.165, 1.54) is 0 Å². The summed E-state index contributed by atoms with van der Waals surface area (Å²) in [5.41, 5.74) is 8.30. The Hall–Kier alpha value is -2.46. The molecule has 4 rings (SSSR count). The number of aliphatic imine (C=N–C) groups is 1. The first-order valence-electron chi connectivity index (χ1n) is 8.31. The summed E-state index contributed by atoms with van der Waals surface area (Å²) in [6.07, 6.45) is 1.13. The van der Waals surface area contributed by atoms with Gasteiger partial charge in [0.1, 0.15) is 0 Å². The van der Waals surface area contributed by atoms with E-state index in [2.05, 4.69) is 30.4 Å². The number of hydrogen-bond acceptors (Lipinski definition) is 3. The maximum absolute atomic E-state index is 11.3. The molecule has 5 heteroatoms. The van der Waals surface area contributed by atoms with Crippen molar-refractivity contribution in [2.45, 2.75) is 32.1 Å². The van der Waals surface area contributed by atoms with Crippen LogP contribution in [-0.4, -0.2) is 17.3 Å². The molecule has 0 spiro atoms. The highest BCUT2D eigenvalue weighted by molar-refractivity contribution is 6.35. The van der Waals surface area contributed by atoms with Gasteiger partial charge in [0.2, 0.25) is 5.91 Å². The summed E-state index contributed by atoms with van der Waals surface area (Å²) in [6, 6.07) is 14.0. The third kappa shape index (κ3) is 2.67. The highest BCUT2D eigenvalue weighted by atomic mass is 35.5. The van der Waals surface area contributed by atoms with Gasteiger partial charge in [0, 0.05) is 28.8 Å². The van der Waals surface area contributed by atoms with Gasteiger partial charge in [-0.15, -0.1) is 0 Å². The summed E-state index contributed by atoms with van der Waals surface area (Å²) in [6.45, 7) is 4.32. The van der Waals surface area contributed by atoms with Gasteiger partial charge in [0.25, 0.3) is 0 Å². The number of hydrogen-bond donors (Lipinski definition) is 1. The molecule has 0 saturated carbocycles. The SMILES string of the molecule is CC1(C)C(c2ccccc2Cl)=Nc2ccc(C3=NNC(=O)CC3)cc21. The van der Waals surface area contributed by atoms with Crippen LogP contribution in [0.2, 0.25) is 5.02 Å². The topological polar surface area (TPSA) is 53.8 Å². The van der Waals surface area contributed by atoms with E-state index in [1.54, 1.807) is 0 Å². The van der Waals surface area contributed by atoms with Crippen molar-refractivity contribution in [2.24, 2.45) is 10.1 Å². The van der Waals surface area contributed by atoms with Gasteiger partial charge < -0.3 is 0 Å². The van der Waals surface area contributed by atoms with Crippen LogP contribution in [0.1, 0.15) is 43.4 Å². The second-order valence-corrected chi connectivity index (χ2v) is 7.30. The lowest BCUT2D eigenvalue weighted by Gasteiger charge is -2.24. The molecule has 0 atom stereocenters. The maximum atomic E-state index is 11.3. The number of rotatable bonds is 2. The monoisotopic (exact) mass is 351 g/mol. The summed E-state index contributed by atoms with van der Waals surface area (Å²) in [5.74, 6) is -0.0328. The van der Waals surface area contributed by atoms with Crippen LogP contribution >= 0.6 is 11.6 Å². The minimum Gasteiger partial charge on any atom is -0.273 e. The Labute approximate surface area is 151 Å². The van der Waals surface area contributed by atoms with Gasteiger partial charge in [0.05, 0.1) is 17.1 Å². The fourth-order valence-electron chi connectivity index (χ4n) is 3.43. The molecule has 2 aromatic rings. The van der Waals surface area contributed by atoms with E-state index < -0.39 is 0 Å². The number of carbonyl (C=O) groups excluding carboxylic acids is 1. The highest BCUT2D eigenvalue weighted by Crippen LogP contribution is 2.43. The van der Waals surface area contributed by atoms with E-state index in [0.29, 0.717) is 17.9 Å². The molecule has 126 valence electrons. The third-order valence-corrected chi connectivity index (χ3v) is 5.19. The fourth-order valence-corrected chi connectivity index (χ4v) is 3.66. The number of nitrogens with zero attached hydrogens (tertiary/aromatic N) is 2. The number of benzene rings is 2. The van der Waals surface area contributed by atoms with Gasteiger partial charge in [-0.3, -0.25) is 9.79 Å². The summed E-state index contributed by atoms with van der Waals surface area (Å²) in [5, 5.41) is 4.91. The quantitative estimate of drug-likeness (QED) is 0.858. The van der Waals surface area contributed by atoms with Crippen LogP contribution in [0, 0.1) is 0 Å². The van der Waals surface area contributed by atoms with Crippen molar-refractivity contribution >= 4 is 34.6 Å².